The lowest BCUT2D eigenvalue weighted by Crippen LogP contribution is -2.32. The van der Waals surface area contributed by atoms with Gasteiger partial charge >= 0.3 is 5.97 Å². The van der Waals surface area contributed by atoms with Crippen LogP contribution >= 0.6 is 0 Å². The zero-order valence-electron chi connectivity index (χ0n) is 13.3. The number of hydrogen-bond donors (Lipinski definition) is 0. The van der Waals surface area contributed by atoms with Crippen molar-refractivity contribution in [2.45, 2.75) is 73.1 Å². The van der Waals surface area contributed by atoms with Crippen LogP contribution in [-0.2, 0) is 14.3 Å². The highest BCUT2D eigenvalue weighted by molar-refractivity contribution is 5.88. The van der Waals surface area contributed by atoms with Crippen LogP contribution < -0.4 is 0 Å². The molecule has 19 heavy (non-hydrogen) atoms. The summed E-state index contributed by atoms with van der Waals surface area (Å²) < 4.78 is 4.93. The van der Waals surface area contributed by atoms with E-state index >= 15 is 0 Å². The Bertz CT molecular complexity index is 278. The third-order valence-electron chi connectivity index (χ3n) is 3.81. The summed E-state index contributed by atoms with van der Waals surface area (Å²) in [6, 6.07) is 0. The van der Waals surface area contributed by atoms with Crippen molar-refractivity contribution >= 4 is 11.8 Å². The van der Waals surface area contributed by atoms with Gasteiger partial charge in [-0.2, -0.15) is 0 Å². The molecule has 3 nitrogen and oxygen atoms in total. The van der Waals surface area contributed by atoms with Crippen LogP contribution in [0.2, 0.25) is 0 Å². The lowest BCUT2D eigenvalue weighted by molar-refractivity contribution is -0.150. The van der Waals surface area contributed by atoms with Gasteiger partial charge in [0.05, 0.1) is 12.5 Å². The minimum absolute atomic E-state index is 0.195. The maximum atomic E-state index is 12.2. The van der Waals surface area contributed by atoms with Crippen molar-refractivity contribution in [2.75, 3.05) is 6.61 Å². The van der Waals surface area contributed by atoms with Gasteiger partial charge in [0, 0.05) is 11.8 Å². The molecule has 1 fully saturated rings. The second-order valence-electron chi connectivity index (χ2n) is 5.40. The standard InChI is InChI=1S/C14H24O3.C2H6/c1-4-17-13(16)11(2)10-12(15)14(3)8-6-5-7-9-14;1-2/h11H,4-10H2,1-3H3;1-2H3. The monoisotopic (exact) mass is 270 g/mol. The topological polar surface area (TPSA) is 43.4 Å². The van der Waals surface area contributed by atoms with Gasteiger partial charge in [-0.05, 0) is 19.8 Å². The Morgan fingerprint density at radius 2 is 1.68 bits per heavy atom. The number of carbonyl (C=O) groups excluding carboxylic acids is 2. The highest BCUT2D eigenvalue weighted by Gasteiger charge is 2.35. The minimum atomic E-state index is -0.304. The number of rotatable bonds is 5. The maximum Gasteiger partial charge on any atom is 0.309 e. The van der Waals surface area contributed by atoms with Crippen molar-refractivity contribution in [3.8, 4) is 0 Å². The van der Waals surface area contributed by atoms with Crippen LogP contribution in [0, 0.1) is 11.3 Å². The van der Waals surface area contributed by atoms with Crippen molar-refractivity contribution in [1.29, 1.82) is 0 Å². The Balaban J connectivity index is 0.00000154. The smallest absolute Gasteiger partial charge is 0.309 e. The van der Waals surface area contributed by atoms with E-state index in [2.05, 4.69) is 0 Å². The van der Waals surface area contributed by atoms with Crippen molar-refractivity contribution in [3.05, 3.63) is 0 Å². The largest absolute Gasteiger partial charge is 0.466 e. The molecule has 0 bridgehead atoms. The summed E-state index contributed by atoms with van der Waals surface area (Å²) in [5.74, 6) is -0.320. The molecule has 0 aromatic rings. The minimum Gasteiger partial charge on any atom is -0.466 e. The summed E-state index contributed by atoms with van der Waals surface area (Å²) in [6.07, 6.45) is 5.78. The third-order valence-corrected chi connectivity index (χ3v) is 3.81. The van der Waals surface area contributed by atoms with E-state index in [-0.39, 0.29) is 23.1 Å². The molecule has 0 spiro atoms. The van der Waals surface area contributed by atoms with E-state index in [9.17, 15) is 9.59 Å². The van der Waals surface area contributed by atoms with Crippen LogP contribution in [0.5, 0.6) is 0 Å². The molecule has 0 aliphatic heterocycles. The predicted molar refractivity (Wildman–Crippen MR) is 78.0 cm³/mol. The van der Waals surface area contributed by atoms with Crippen LogP contribution in [0.15, 0.2) is 0 Å². The lowest BCUT2D eigenvalue weighted by atomic mass is 9.71. The molecule has 1 rings (SSSR count). The highest BCUT2D eigenvalue weighted by Crippen LogP contribution is 2.38. The molecule has 1 aliphatic rings. The molecule has 1 aliphatic carbocycles. The molecule has 0 N–H and O–H groups in total. The summed E-state index contributed by atoms with van der Waals surface area (Å²) in [4.78, 5) is 23.7. The van der Waals surface area contributed by atoms with E-state index < -0.39 is 0 Å². The van der Waals surface area contributed by atoms with Crippen molar-refractivity contribution in [3.63, 3.8) is 0 Å². The average Bonchev–Trinajstić information content (AvgIpc) is 2.42. The second-order valence-corrected chi connectivity index (χ2v) is 5.40. The first-order valence-corrected chi connectivity index (χ1v) is 7.69. The molecule has 0 aromatic carbocycles. The van der Waals surface area contributed by atoms with Crippen molar-refractivity contribution < 1.29 is 14.3 Å². The Morgan fingerprint density at radius 3 is 2.16 bits per heavy atom. The zero-order chi connectivity index (χ0) is 14.9. The summed E-state index contributed by atoms with van der Waals surface area (Å²) in [5.41, 5.74) is -0.195. The van der Waals surface area contributed by atoms with Crippen LogP contribution in [0.1, 0.15) is 73.1 Å². The van der Waals surface area contributed by atoms with E-state index in [4.69, 9.17) is 4.74 Å². The number of ether oxygens (including phenoxy) is 1. The predicted octanol–water partition coefficient (Wildman–Crippen LogP) is 4.14. The molecule has 0 aromatic heterocycles. The van der Waals surface area contributed by atoms with E-state index in [1.54, 1.807) is 13.8 Å². The van der Waals surface area contributed by atoms with Gasteiger partial charge in [-0.1, -0.05) is 47.0 Å². The molecule has 0 radical (unpaired) electrons. The van der Waals surface area contributed by atoms with Crippen LogP contribution in [0.4, 0.5) is 0 Å². The van der Waals surface area contributed by atoms with Gasteiger partial charge in [0.25, 0.3) is 0 Å². The number of hydrogen-bond acceptors (Lipinski definition) is 3. The zero-order valence-corrected chi connectivity index (χ0v) is 13.3. The van der Waals surface area contributed by atoms with Gasteiger partial charge in [-0.15, -0.1) is 0 Å². The Morgan fingerprint density at radius 1 is 1.16 bits per heavy atom. The molecule has 0 heterocycles. The number of carbonyl (C=O) groups is 2. The Hall–Kier alpha value is -0.860. The molecule has 1 unspecified atom stereocenters. The summed E-state index contributed by atoms with van der Waals surface area (Å²) in [5, 5.41) is 0. The van der Waals surface area contributed by atoms with Crippen LogP contribution in [0.25, 0.3) is 0 Å². The fraction of sp³-hybridized carbons (Fsp3) is 0.875. The van der Waals surface area contributed by atoms with Crippen LogP contribution in [0.3, 0.4) is 0 Å². The summed E-state index contributed by atoms with van der Waals surface area (Å²) >= 11 is 0. The normalized spacial score (nSPS) is 18.8. The molecular formula is C16H30O3. The SMILES string of the molecule is CC.CCOC(=O)C(C)CC(=O)C1(C)CCCCC1. The van der Waals surface area contributed by atoms with Crippen molar-refractivity contribution in [2.24, 2.45) is 11.3 Å². The van der Waals surface area contributed by atoms with Gasteiger partial charge in [-0.3, -0.25) is 9.59 Å². The molecule has 0 saturated heterocycles. The Kier molecular flexibility index (Phi) is 8.70. The van der Waals surface area contributed by atoms with Crippen LogP contribution in [-0.4, -0.2) is 18.4 Å². The van der Waals surface area contributed by atoms with Gasteiger partial charge in [-0.25, -0.2) is 0 Å². The molecule has 112 valence electrons. The quantitative estimate of drug-likeness (QED) is 0.705. The molecule has 1 saturated carbocycles. The molecule has 3 heteroatoms. The number of Topliss-reactive ketones (excluding diaryl/α,β-unsaturated/α-hetero) is 1. The average molecular weight is 270 g/mol. The van der Waals surface area contributed by atoms with Crippen molar-refractivity contribution in [1.82, 2.24) is 0 Å². The highest BCUT2D eigenvalue weighted by atomic mass is 16.5. The third kappa shape index (κ3) is 5.75. The molecular weight excluding hydrogens is 240 g/mol. The van der Waals surface area contributed by atoms with E-state index in [0.717, 1.165) is 25.7 Å². The van der Waals surface area contributed by atoms with E-state index in [1.165, 1.54) is 6.42 Å². The summed E-state index contributed by atoms with van der Waals surface area (Å²) in [7, 11) is 0. The first kappa shape index (κ1) is 18.1. The number of esters is 1. The van der Waals surface area contributed by atoms with E-state index in [0.29, 0.717) is 13.0 Å². The first-order valence-electron chi connectivity index (χ1n) is 7.69. The van der Waals surface area contributed by atoms with Gasteiger partial charge in [0.15, 0.2) is 0 Å². The molecule has 1 atom stereocenters. The Labute approximate surface area is 118 Å². The lowest BCUT2D eigenvalue weighted by Gasteiger charge is -2.32. The van der Waals surface area contributed by atoms with Gasteiger partial charge in [0.2, 0.25) is 0 Å². The maximum absolute atomic E-state index is 12.2. The molecule has 0 amide bonds. The van der Waals surface area contributed by atoms with Gasteiger partial charge < -0.3 is 4.74 Å². The number of ketones is 1. The summed E-state index contributed by atoms with van der Waals surface area (Å²) in [6.45, 7) is 10.00. The first-order chi connectivity index (χ1) is 8.99. The van der Waals surface area contributed by atoms with E-state index in [1.807, 2.05) is 20.8 Å². The fourth-order valence-corrected chi connectivity index (χ4v) is 2.50. The van der Waals surface area contributed by atoms with Gasteiger partial charge in [0.1, 0.15) is 5.78 Å². The second kappa shape index (κ2) is 9.11. The fourth-order valence-electron chi connectivity index (χ4n) is 2.50.